The van der Waals surface area contributed by atoms with Crippen molar-refractivity contribution < 1.29 is 25.8 Å². The fourth-order valence-electron chi connectivity index (χ4n) is 1.83. The van der Waals surface area contributed by atoms with Crippen LogP contribution in [0.3, 0.4) is 0 Å². The van der Waals surface area contributed by atoms with Gasteiger partial charge >= 0.3 is 15.6 Å². The second-order valence-corrected chi connectivity index (χ2v) is 5.88. The highest BCUT2D eigenvalue weighted by Crippen LogP contribution is 2.28. The zero-order chi connectivity index (χ0) is 16.0. The van der Waals surface area contributed by atoms with Crippen LogP contribution in [0.15, 0.2) is 42.5 Å². The lowest BCUT2D eigenvalue weighted by Gasteiger charge is -2.09. The van der Waals surface area contributed by atoms with Crippen LogP contribution in [0.1, 0.15) is 0 Å². The van der Waals surface area contributed by atoms with E-state index in [1.807, 2.05) is 0 Å². The summed E-state index contributed by atoms with van der Waals surface area (Å²) in [6.07, 6.45) is 0. The maximum Gasteiger partial charge on any atom is 0.534 e. The van der Waals surface area contributed by atoms with Crippen molar-refractivity contribution in [1.82, 2.24) is 9.97 Å². The summed E-state index contributed by atoms with van der Waals surface area (Å²) in [6, 6.07) is 10.5. The monoisotopic (exact) mass is 328 g/mol. The van der Waals surface area contributed by atoms with Crippen LogP contribution in [0.2, 0.25) is 0 Å². The molecule has 0 aliphatic heterocycles. The quantitative estimate of drug-likeness (QED) is 0.411. The van der Waals surface area contributed by atoms with Gasteiger partial charge in [-0.2, -0.15) is 21.6 Å². The second-order valence-electron chi connectivity index (χ2n) is 4.35. The molecule has 3 rings (SSSR count). The van der Waals surface area contributed by atoms with E-state index in [1.165, 1.54) is 6.07 Å². The standard InChI is InChI=1S/C13H7F3N2O3S/c14-13(15,16)22(19,20)21-8-5-6-11-12(7-8)18-10-4-2-1-3-9(10)17-11/h1-7H. The van der Waals surface area contributed by atoms with E-state index >= 15 is 0 Å². The number of benzene rings is 2. The molecule has 0 unspecified atom stereocenters. The second kappa shape index (κ2) is 4.80. The van der Waals surface area contributed by atoms with Crippen molar-refractivity contribution in [1.29, 1.82) is 0 Å². The van der Waals surface area contributed by atoms with E-state index in [1.54, 1.807) is 24.3 Å². The third-order valence-electron chi connectivity index (χ3n) is 2.80. The average molecular weight is 328 g/mol. The number of alkyl halides is 3. The van der Waals surface area contributed by atoms with Crippen LogP contribution in [0.5, 0.6) is 5.75 Å². The van der Waals surface area contributed by atoms with Gasteiger partial charge in [0.1, 0.15) is 5.75 Å². The number of aromatic nitrogens is 2. The Labute approximate surface area is 122 Å². The van der Waals surface area contributed by atoms with Crippen molar-refractivity contribution in [2.24, 2.45) is 0 Å². The number of rotatable bonds is 2. The van der Waals surface area contributed by atoms with Crippen LogP contribution in [0.4, 0.5) is 13.2 Å². The van der Waals surface area contributed by atoms with Crippen LogP contribution in [-0.4, -0.2) is 23.9 Å². The molecule has 1 aromatic heterocycles. The summed E-state index contributed by atoms with van der Waals surface area (Å²) in [5.74, 6) is -0.477. The molecule has 0 saturated carbocycles. The zero-order valence-corrected chi connectivity index (χ0v) is 11.5. The topological polar surface area (TPSA) is 69.2 Å². The molecule has 22 heavy (non-hydrogen) atoms. The molecule has 5 nitrogen and oxygen atoms in total. The van der Waals surface area contributed by atoms with Crippen molar-refractivity contribution in [2.75, 3.05) is 0 Å². The third-order valence-corrected chi connectivity index (χ3v) is 3.78. The summed E-state index contributed by atoms with van der Waals surface area (Å²) in [7, 11) is -5.71. The maximum atomic E-state index is 12.3. The van der Waals surface area contributed by atoms with E-state index < -0.39 is 21.4 Å². The van der Waals surface area contributed by atoms with Crippen LogP contribution in [0.25, 0.3) is 22.1 Å². The zero-order valence-electron chi connectivity index (χ0n) is 10.7. The fourth-order valence-corrected chi connectivity index (χ4v) is 2.28. The Bertz CT molecular complexity index is 971. The largest absolute Gasteiger partial charge is 0.534 e. The van der Waals surface area contributed by atoms with E-state index in [-0.39, 0.29) is 5.52 Å². The minimum Gasteiger partial charge on any atom is -0.376 e. The van der Waals surface area contributed by atoms with E-state index in [4.69, 9.17) is 0 Å². The Morgan fingerprint density at radius 1 is 0.864 bits per heavy atom. The molecule has 0 N–H and O–H groups in total. The molecular weight excluding hydrogens is 321 g/mol. The van der Waals surface area contributed by atoms with Gasteiger partial charge in [-0.05, 0) is 24.3 Å². The number of hydrogen-bond acceptors (Lipinski definition) is 5. The van der Waals surface area contributed by atoms with Crippen molar-refractivity contribution in [2.45, 2.75) is 5.51 Å². The molecule has 114 valence electrons. The lowest BCUT2D eigenvalue weighted by molar-refractivity contribution is -0.0500. The van der Waals surface area contributed by atoms with Crippen molar-refractivity contribution in [3.8, 4) is 5.75 Å². The number of hydrogen-bond donors (Lipinski definition) is 0. The van der Waals surface area contributed by atoms with Gasteiger partial charge in [-0.15, -0.1) is 0 Å². The first-order valence-corrected chi connectivity index (χ1v) is 7.34. The molecule has 0 aliphatic rings. The van der Waals surface area contributed by atoms with Gasteiger partial charge in [-0.1, -0.05) is 12.1 Å². The van der Waals surface area contributed by atoms with Crippen LogP contribution >= 0.6 is 0 Å². The summed E-state index contributed by atoms with van der Waals surface area (Å²) in [4.78, 5) is 8.49. The lowest BCUT2D eigenvalue weighted by Crippen LogP contribution is -2.28. The van der Waals surface area contributed by atoms with Gasteiger partial charge in [-0.3, -0.25) is 0 Å². The average Bonchev–Trinajstić information content (AvgIpc) is 2.43. The maximum absolute atomic E-state index is 12.3. The Morgan fingerprint density at radius 2 is 1.41 bits per heavy atom. The van der Waals surface area contributed by atoms with Crippen molar-refractivity contribution >= 4 is 32.2 Å². The van der Waals surface area contributed by atoms with Crippen LogP contribution in [-0.2, 0) is 10.1 Å². The minimum atomic E-state index is -5.71. The summed E-state index contributed by atoms with van der Waals surface area (Å²) in [5, 5.41) is 0. The Morgan fingerprint density at radius 3 is 2.00 bits per heavy atom. The number of para-hydroxylation sites is 2. The number of halogens is 3. The first-order chi connectivity index (χ1) is 10.3. The lowest BCUT2D eigenvalue weighted by atomic mass is 10.2. The van der Waals surface area contributed by atoms with Gasteiger partial charge in [0.15, 0.2) is 0 Å². The smallest absolute Gasteiger partial charge is 0.376 e. The summed E-state index contributed by atoms with van der Waals surface area (Å²) >= 11 is 0. The highest BCUT2D eigenvalue weighted by atomic mass is 32.2. The summed E-state index contributed by atoms with van der Waals surface area (Å²) in [5.41, 5.74) is -3.70. The van der Waals surface area contributed by atoms with Gasteiger partial charge in [0.05, 0.1) is 22.1 Å². The van der Waals surface area contributed by atoms with Crippen molar-refractivity contribution in [3.63, 3.8) is 0 Å². The molecule has 1 heterocycles. The minimum absolute atomic E-state index is 0.230. The molecule has 0 amide bonds. The van der Waals surface area contributed by atoms with E-state index in [0.29, 0.717) is 16.6 Å². The van der Waals surface area contributed by atoms with Crippen LogP contribution < -0.4 is 4.18 Å². The first kappa shape index (κ1) is 14.5. The molecule has 0 saturated heterocycles. The van der Waals surface area contributed by atoms with Gasteiger partial charge in [-0.25, -0.2) is 9.97 Å². The molecule has 2 aromatic carbocycles. The number of fused-ring (bicyclic) bond motifs is 2. The fraction of sp³-hybridized carbons (Fsp3) is 0.0769. The Kier molecular flexibility index (Phi) is 3.17. The van der Waals surface area contributed by atoms with Crippen molar-refractivity contribution in [3.05, 3.63) is 42.5 Å². The Hall–Kier alpha value is -2.42. The summed E-state index contributed by atoms with van der Waals surface area (Å²) < 4.78 is 62.9. The molecule has 0 fully saturated rings. The van der Waals surface area contributed by atoms with Gasteiger partial charge in [0.2, 0.25) is 0 Å². The molecule has 0 bridgehead atoms. The summed E-state index contributed by atoms with van der Waals surface area (Å²) in [6.45, 7) is 0. The predicted octanol–water partition coefficient (Wildman–Crippen LogP) is 3.01. The molecule has 0 spiro atoms. The van der Waals surface area contributed by atoms with E-state index in [9.17, 15) is 21.6 Å². The third kappa shape index (κ3) is 2.54. The van der Waals surface area contributed by atoms with E-state index in [0.717, 1.165) is 12.1 Å². The first-order valence-electron chi connectivity index (χ1n) is 5.94. The van der Waals surface area contributed by atoms with Crippen LogP contribution in [0, 0.1) is 0 Å². The highest BCUT2D eigenvalue weighted by Gasteiger charge is 2.48. The van der Waals surface area contributed by atoms with Gasteiger partial charge in [0, 0.05) is 6.07 Å². The SMILES string of the molecule is O=S(=O)(Oc1ccc2nc3ccccc3nc2c1)C(F)(F)F. The van der Waals surface area contributed by atoms with E-state index in [2.05, 4.69) is 14.2 Å². The Balaban J connectivity index is 2.08. The normalized spacial score (nSPS) is 12.7. The predicted molar refractivity (Wildman–Crippen MR) is 72.6 cm³/mol. The molecule has 0 atom stereocenters. The highest BCUT2D eigenvalue weighted by molar-refractivity contribution is 7.88. The van der Waals surface area contributed by atoms with Gasteiger partial charge < -0.3 is 4.18 Å². The molecule has 3 aromatic rings. The molecule has 0 aliphatic carbocycles. The molecule has 0 radical (unpaired) electrons. The number of nitrogens with zero attached hydrogens (tertiary/aromatic N) is 2. The molecule has 9 heteroatoms. The van der Waals surface area contributed by atoms with Gasteiger partial charge in [0.25, 0.3) is 0 Å². The molecular formula is C13H7F3N2O3S.